The number of guanidine groups is 1. The van der Waals surface area contributed by atoms with Gasteiger partial charge in [0, 0.05) is 26.6 Å². The topological polar surface area (TPSA) is 45.7 Å². The monoisotopic (exact) mass is 337 g/mol. The van der Waals surface area contributed by atoms with Crippen molar-refractivity contribution in [2.45, 2.75) is 32.7 Å². The van der Waals surface area contributed by atoms with Crippen LogP contribution in [-0.2, 0) is 25.8 Å². The Kier molecular flexibility index (Phi) is 5.94. The Morgan fingerprint density at radius 3 is 2.76 bits per heavy atom. The average Bonchev–Trinajstić information content (AvgIpc) is 3.12. The van der Waals surface area contributed by atoms with E-state index in [9.17, 15) is 0 Å². The van der Waals surface area contributed by atoms with Gasteiger partial charge in [-0.05, 0) is 41.2 Å². The summed E-state index contributed by atoms with van der Waals surface area (Å²) in [5.74, 6) is 1.89. The van der Waals surface area contributed by atoms with Gasteiger partial charge < -0.3 is 15.4 Å². The van der Waals surface area contributed by atoms with Crippen molar-refractivity contribution in [3.63, 3.8) is 0 Å². The van der Waals surface area contributed by atoms with Gasteiger partial charge in [-0.2, -0.15) is 0 Å². The van der Waals surface area contributed by atoms with E-state index in [2.05, 4.69) is 65.0 Å². The van der Waals surface area contributed by atoms with Gasteiger partial charge in [-0.1, -0.05) is 43.3 Å². The fraction of sp³-hybridized carbons (Fsp3) is 0.381. The van der Waals surface area contributed by atoms with Gasteiger partial charge >= 0.3 is 0 Å². The summed E-state index contributed by atoms with van der Waals surface area (Å²) in [6.07, 6.45) is 3.04. The first-order chi connectivity index (χ1) is 12.3. The molecule has 0 atom stereocenters. The molecule has 0 aromatic heterocycles. The Morgan fingerprint density at radius 1 is 1.12 bits per heavy atom. The normalized spacial score (nSPS) is 13.3. The first-order valence-corrected chi connectivity index (χ1v) is 9.06. The van der Waals surface area contributed by atoms with E-state index in [0.717, 1.165) is 50.7 Å². The van der Waals surface area contributed by atoms with Crippen molar-refractivity contribution < 1.29 is 4.74 Å². The van der Waals surface area contributed by atoms with Crippen LogP contribution in [0.4, 0.5) is 0 Å². The molecule has 0 aliphatic carbocycles. The first-order valence-electron chi connectivity index (χ1n) is 9.06. The summed E-state index contributed by atoms with van der Waals surface area (Å²) in [6, 6.07) is 15.0. The zero-order valence-electron chi connectivity index (χ0n) is 15.1. The highest BCUT2D eigenvalue weighted by molar-refractivity contribution is 5.79. The summed E-state index contributed by atoms with van der Waals surface area (Å²) in [7, 11) is 1.81. The van der Waals surface area contributed by atoms with Crippen LogP contribution >= 0.6 is 0 Å². The van der Waals surface area contributed by atoms with Gasteiger partial charge in [0.1, 0.15) is 5.75 Å². The molecule has 2 aromatic carbocycles. The summed E-state index contributed by atoms with van der Waals surface area (Å²) in [4.78, 5) is 4.32. The van der Waals surface area contributed by atoms with E-state index in [-0.39, 0.29) is 0 Å². The zero-order chi connectivity index (χ0) is 17.5. The molecule has 2 aromatic rings. The molecule has 25 heavy (non-hydrogen) atoms. The van der Waals surface area contributed by atoms with Gasteiger partial charge in [-0.15, -0.1) is 0 Å². The third-order valence-electron chi connectivity index (χ3n) is 4.63. The van der Waals surface area contributed by atoms with Crippen molar-refractivity contribution in [2.24, 2.45) is 4.99 Å². The predicted octanol–water partition coefficient (Wildman–Crippen LogP) is 3.09. The quantitative estimate of drug-likeness (QED) is 0.629. The number of aliphatic imine (C=N–C) groups is 1. The molecule has 0 unspecified atom stereocenters. The molecule has 0 radical (unpaired) electrons. The second kappa shape index (κ2) is 8.56. The summed E-state index contributed by atoms with van der Waals surface area (Å²) >= 11 is 0. The van der Waals surface area contributed by atoms with Gasteiger partial charge in [0.25, 0.3) is 0 Å². The number of aryl methyl sites for hydroxylation is 1. The predicted molar refractivity (Wildman–Crippen MR) is 103 cm³/mol. The van der Waals surface area contributed by atoms with Gasteiger partial charge in [0.2, 0.25) is 0 Å². The van der Waals surface area contributed by atoms with Crippen molar-refractivity contribution >= 4 is 5.96 Å². The van der Waals surface area contributed by atoms with Crippen LogP contribution < -0.4 is 15.4 Å². The number of nitrogens with one attached hydrogen (secondary N) is 2. The van der Waals surface area contributed by atoms with E-state index in [1.54, 1.807) is 0 Å². The lowest BCUT2D eigenvalue weighted by Crippen LogP contribution is -2.38. The zero-order valence-corrected chi connectivity index (χ0v) is 15.1. The number of ether oxygens (including phenoxy) is 1. The number of fused-ring (bicyclic) bond motifs is 1. The van der Waals surface area contributed by atoms with Crippen LogP contribution in [0.1, 0.15) is 29.2 Å². The lowest BCUT2D eigenvalue weighted by Gasteiger charge is -2.14. The van der Waals surface area contributed by atoms with Crippen molar-refractivity contribution in [3.8, 4) is 5.75 Å². The maximum absolute atomic E-state index is 5.56. The number of hydrogen-bond donors (Lipinski definition) is 2. The maximum Gasteiger partial charge on any atom is 0.191 e. The van der Waals surface area contributed by atoms with Crippen LogP contribution in [-0.4, -0.2) is 26.2 Å². The van der Waals surface area contributed by atoms with E-state index in [0.29, 0.717) is 0 Å². The number of benzene rings is 2. The second-order valence-electron chi connectivity index (χ2n) is 6.27. The van der Waals surface area contributed by atoms with Gasteiger partial charge in [-0.3, -0.25) is 4.99 Å². The highest BCUT2D eigenvalue weighted by Crippen LogP contribution is 2.25. The van der Waals surface area contributed by atoms with Crippen LogP contribution in [0.2, 0.25) is 0 Å². The SMILES string of the molecule is CCc1ccccc1CNC(=NC)NCCc1ccc2c(c1)CCO2. The number of hydrogen-bond acceptors (Lipinski definition) is 2. The molecule has 0 fully saturated rings. The molecule has 4 heteroatoms. The summed E-state index contributed by atoms with van der Waals surface area (Å²) in [5, 5.41) is 6.81. The minimum absolute atomic E-state index is 0.792. The van der Waals surface area contributed by atoms with Gasteiger partial charge in [0.05, 0.1) is 6.61 Å². The Morgan fingerprint density at radius 2 is 1.96 bits per heavy atom. The Labute approximate surface area is 150 Å². The Bertz CT molecular complexity index is 740. The highest BCUT2D eigenvalue weighted by atomic mass is 16.5. The molecule has 1 aliphatic heterocycles. The van der Waals surface area contributed by atoms with Crippen LogP contribution in [0.15, 0.2) is 47.5 Å². The lowest BCUT2D eigenvalue weighted by atomic mass is 10.1. The lowest BCUT2D eigenvalue weighted by molar-refractivity contribution is 0.357. The van der Waals surface area contributed by atoms with E-state index < -0.39 is 0 Å². The maximum atomic E-state index is 5.56. The molecule has 0 amide bonds. The van der Waals surface area contributed by atoms with Crippen molar-refractivity contribution in [1.29, 1.82) is 0 Å². The molecular formula is C21H27N3O. The van der Waals surface area contributed by atoms with E-state index in [1.807, 2.05) is 7.05 Å². The Hall–Kier alpha value is -2.49. The fourth-order valence-electron chi connectivity index (χ4n) is 3.20. The third-order valence-corrected chi connectivity index (χ3v) is 4.63. The van der Waals surface area contributed by atoms with E-state index in [1.165, 1.54) is 22.3 Å². The summed E-state index contributed by atoms with van der Waals surface area (Å²) in [6.45, 7) is 4.65. The minimum atomic E-state index is 0.792. The molecule has 2 N–H and O–H groups in total. The molecule has 1 heterocycles. The molecule has 0 saturated carbocycles. The third kappa shape index (κ3) is 4.53. The van der Waals surface area contributed by atoms with Crippen LogP contribution in [0.3, 0.4) is 0 Å². The fourth-order valence-corrected chi connectivity index (χ4v) is 3.20. The molecule has 0 saturated heterocycles. The van der Waals surface area contributed by atoms with Gasteiger partial charge in [0.15, 0.2) is 5.96 Å². The molecule has 3 rings (SSSR count). The van der Waals surface area contributed by atoms with Crippen molar-refractivity contribution in [2.75, 3.05) is 20.2 Å². The summed E-state index contributed by atoms with van der Waals surface area (Å²) < 4.78 is 5.56. The van der Waals surface area contributed by atoms with E-state index in [4.69, 9.17) is 4.74 Å². The number of rotatable bonds is 6. The standard InChI is InChI=1S/C21H27N3O/c1-3-17-6-4-5-7-19(17)15-24-21(22-2)23-12-10-16-8-9-20-18(14-16)11-13-25-20/h4-9,14H,3,10-13,15H2,1-2H3,(H2,22,23,24). The van der Waals surface area contributed by atoms with Crippen molar-refractivity contribution in [1.82, 2.24) is 10.6 Å². The largest absolute Gasteiger partial charge is 0.493 e. The molecule has 4 nitrogen and oxygen atoms in total. The Balaban J connectivity index is 1.48. The van der Waals surface area contributed by atoms with Crippen LogP contribution in [0.5, 0.6) is 5.75 Å². The molecule has 0 bridgehead atoms. The molecule has 132 valence electrons. The molecule has 0 spiro atoms. The molecular weight excluding hydrogens is 310 g/mol. The van der Waals surface area contributed by atoms with Crippen molar-refractivity contribution in [3.05, 3.63) is 64.7 Å². The van der Waals surface area contributed by atoms with Crippen LogP contribution in [0, 0.1) is 0 Å². The average molecular weight is 337 g/mol. The van der Waals surface area contributed by atoms with E-state index >= 15 is 0 Å². The smallest absolute Gasteiger partial charge is 0.191 e. The number of nitrogens with zero attached hydrogens (tertiary/aromatic N) is 1. The first kappa shape index (κ1) is 17.3. The molecule has 1 aliphatic rings. The highest BCUT2D eigenvalue weighted by Gasteiger charge is 2.11. The minimum Gasteiger partial charge on any atom is -0.493 e. The second-order valence-corrected chi connectivity index (χ2v) is 6.27. The van der Waals surface area contributed by atoms with Gasteiger partial charge in [-0.25, -0.2) is 0 Å². The summed E-state index contributed by atoms with van der Waals surface area (Å²) in [5.41, 5.74) is 5.37. The van der Waals surface area contributed by atoms with Crippen LogP contribution in [0.25, 0.3) is 0 Å².